The summed E-state index contributed by atoms with van der Waals surface area (Å²) in [6.45, 7) is 7.52. The van der Waals surface area contributed by atoms with Gasteiger partial charge in [0.15, 0.2) is 0 Å². The molecule has 0 aliphatic heterocycles. The van der Waals surface area contributed by atoms with Crippen LogP contribution in [-0.4, -0.2) is 24.8 Å². The van der Waals surface area contributed by atoms with Gasteiger partial charge in [-0.3, -0.25) is 4.90 Å². The van der Waals surface area contributed by atoms with Gasteiger partial charge in [-0.25, -0.2) is 4.79 Å². The number of anilines is 1. The second-order valence-electron chi connectivity index (χ2n) is 5.89. The van der Waals surface area contributed by atoms with E-state index in [1.807, 2.05) is 52.0 Å². The Hall–Kier alpha value is -1.55. The maximum absolute atomic E-state index is 12.0. The largest absolute Gasteiger partial charge is 0.443 e. The summed E-state index contributed by atoms with van der Waals surface area (Å²) in [5, 5.41) is 0. The molecule has 1 amide bonds. The van der Waals surface area contributed by atoms with Gasteiger partial charge in [0.25, 0.3) is 0 Å². The third-order valence-electron chi connectivity index (χ3n) is 2.52. The molecular weight excluding hydrogens is 240 g/mol. The molecule has 1 aromatic rings. The molecule has 0 heterocycles. The Labute approximate surface area is 115 Å². The first kappa shape index (κ1) is 15.5. The number of rotatable bonds is 3. The number of nitrogens with two attached hydrogens (primary N) is 1. The van der Waals surface area contributed by atoms with Crippen LogP contribution >= 0.6 is 0 Å². The zero-order chi connectivity index (χ0) is 14.6. The highest BCUT2D eigenvalue weighted by Gasteiger charge is 2.20. The molecule has 1 atom stereocenters. The standard InChI is InChI=1S/C15H24N2O2/c1-11(16)9-12-7-6-8-13(10-12)17(5)14(18)19-15(2,3)4/h6-8,10-11H,9,16H2,1-5H3. The molecule has 0 saturated heterocycles. The van der Waals surface area contributed by atoms with Crippen molar-refractivity contribution in [2.45, 2.75) is 45.8 Å². The molecule has 0 fully saturated rings. The Kier molecular flexibility index (Phi) is 4.95. The number of ether oxygens (including phenoxy) is 1. The summed E-state index contributed by atoms with van der Waals surface area (Å²) in [7, 11) is 1.71. The second-order valence-corrected chi connectivity index (χ2v) is 5.89. The Morgan fingerprint density at radius 1 is 1.42 bits per heavy atom. The number of hydrogen-bond acceptors (Lipinski definition) is 3. The monoisotopic (exact) mass is 264 g/mol. The van der Waals surface area contributed by atoms with Crippen molar-refractivity contribution < 1.29 is 9.53 Å². The summed E-state index contributed by atoms with van der Waals surface area (Å²) in [4.78, 5) is 13.5. The van der Waals surface area contributed by atoms with E-state index in [9.17, 15) is 4.79 Å². The van der Waals surface area contributed by atoms with Crippen LogP contribution in [0.3, 0.4) is 0 Å². The topological polar surface area (TPSA) is 55.6 Å². The number of hydrogen-bond donors (Lipinski definition) is 1. The maximum atomic E-state index is 12.0. The van der Waals surface area contributed by atoms with Gasteiger partial charge in [0, 0.05) is 18.8 Å². The lowest BCUT2D eigenvalue weighted by Gasteiger charge is -2.25. The Morgan fingerprint density at radius 3 is 2.58 bits per heavy atom. The third kappa shape index (κ3) is 5.30. The first-order valence-electron chi connectivity index (χ1n) is 6.50. The van der Waals surface area contributed by atoms with E-state index >= 15 is 0 Å². The minimum Gasteiger partial charge on any atom is -0.443 e. The van der Waals surface area contributed by atoms with Crippen LogP contribution in [0, 0.1) is 0 Å². The highest BCUT2D eigenvalue weighted by molar-refractivity contribution is 5.87. The predicted molar refractivity (Wildman–Crippen MR) is 78.4 cm³/mol. The highest BCUT2D eigenvalue weighted by atomic mass is 16.6. The van der Waals surface area contributed by atoms with Gasteiger partial charge >= 0.3 is 6.09 Å². The van der Waals surface area contributed by atoms with Crippen LogP contribution in [0.25, 0.3) is 0 Å². The normalized spacial score (nSPS) is 12.9. The lowest BCUT2D eigenvalue weighted by atomic mass is 10.1. The smallest absolute Gasteiger partial charge is 0.414 e. The van der Waals surface area contributed by atoms with Crippen LogP contribution in [0.15, 0.2) is 24.3 Å². The first-order chi connectivity index (χ1) is 8.69. The molecule has 0 aliphatic carbocycles. The van der Waals surface area contributed by atoms with Gasteiger partial charge in [-0.15, -0.1) is 0 Å². The van der Waals surface area contributed by atoms with E-state index < -0.39 is 5.60 Å². The van der Waals surface area contributed by atoms with Crippen molar-refractivity contribution in [1.82, 2.24) is 0 Å². The van der Waals surface area contributed by atoms with Gasteiger partial charge in [0.05, 0.1) is 0 Å². The van der Waals surface area contributed by atoms with Crippen molar-refractivity contribution in [1.29, 1.82) is 0 Å². The van der Waals surface area contributed by atoms with Gasteiger partial charge in [-0.2, -0.15) is 0 Å². The molecule has 0 saturated carbocycles. The lowest BCUT2D eigenvalue weighted by Crippen LogP contribution is -2.34. The molecule has 106 valence electrons. The molecule has 0 aliphatic rings. The highest BCUT2D eigenvalue weighted by Crippen LogP contribution is 2.18. The Balaban J connectivity index is 2.82. The van der Waals surface area contributed by atoms with E-state index in [2.05, 4.69) is 0 Å². The molecule has 0 spiro atoms. The number of carbonyl (C=O) groups excluding carboxylic acids is 1. The van der Waals surface area contributed by atoms with Gasteiger partial charge < -0.3 is 10.5 Å². The van der Waals surface area contributed by atoms with Gasteiger partial charge in [0.1, 0.15) is 5.60 Å². The average Bonchev–Trinajstić information content (AvgIpc) is 2.25. The summed E-state index contributed by atoms with van der Waals surface area (Å²) >= 11 is 0. The Bertz CT molecular complexity index is 436. The van der Waals surface area contributed by atoms with Crippen LogP contribution < -0.4 is 10.6 Å². The second kappa shape index (κ2) is 6.06. The summed E-state index contributed by atoms with van der Waals surface area (Å²) < 4.78 is 5.34. The summed E-state index contributed by atoms with van der Waals surface area (Å²) in [6.07, 6.45) is 0.432. The lowest BCUT2D eigenvalue weighted by molar-refractivity contribution is 0.0589. The molecule has 0 aromatic heterocycles. The molecule has 4 nitrogen and oxygen atoms in total. The summed E-state index contributed by atoms with van der Waals surface area (Å²) in [5.41, 5.74) is 7.22. The summed E-state index contributed by atoms with van der Waals surface area (Å²) in [6, 6.07) is 7.88. The minimum atomic E-state index is -0.491. The predicted octanol–water partition coefficient (Wildman–Crippen LogP) is 2.95. The van der Waals surface area contributed by atoms with Crippen molar-refractivity contribution >= 4 is 11.8 Å². The number of benzene rings is 1. The van der Waals surface area contributed by atoms with Gasteiger partial charge in [-0.05, 0) is 51.8 Å². The molecule has 0 radical (unpaired) electrons. The maximum Gasteiger partial charge on any atom is 0.414 e. The van der Waals surface area contributed by atoms with Crippen molar-refractivity contribution in [3.8, 4) is 0 Å². The first-order valence-corrected chi connectivity index (χ1v) is 6.50. The number of nitrogens with zero attached hydrogens (tertiary/aromatic N) is 1. The van der Waals surface area contributed by atoms with Crippen LogP contribution in [0.2, 0.25) is 0 Å². The van der Waals surface area contributed by atoms with E-state index in [4.69, 9.17) is 10.5 Å². The third-order valence-corrected chi connectivity index (χ3v) is 2.52. The zero-order valence-electron chi connectivity index (χ0n) is 12.4. The average molecular weight is 264 g/mol. The van der Waals surface area contributed by atoms with Crippen molar-refractivity contribution in [2.75, 3.05) is 11.9 Å². The Morgan fingerprint density at radius 2 is 2.05 bits per heavy atom. The van der Waals surface area contributed by atoms with E-state index in [1.165, 1.54) is 4.90 Å². The fraction of sp³-hybridized carbons (Fsp3) is 0.533. The molecule has 19 heavy (non-hydrogen) atoms. The molecule has 1 aromatic carbocycles. The van der Waals surface area contributed by atoms with Gasteiger partial charge in [-0.1, -0.05) is 12.1 Å². The fourth-order valence-corrected chi connectivity index (χ4v) is 1.70. The summed E-state index contributed by atoms with van der Waals surface area (Å²) in [5.74, 6) is 0. The molecule has 4 heteroatoms. The van der Waals surface area contributed by atoms with Crippen LogP contribution in [0.5, 0.6) is 0 Å². The fourth-order valence-electron chi connectivity index (χ4n) is 1.70. The van der Waals surface area contributed by atoms with E-state index in [0.717, 1.165) is 17.7 Å². The van der Waals surface area contributed by atoms with Crippen molar-refractivity contribution in [3.63, 3.8) is 0 Å². The van der Waals surface area contributed by atoms with E-state index in [1.54, 1.807) is 7.05 Å². The molecule has 1 unspecified atom stereocenters. The quantitative estimate of drug-likeness (QED) is 0.913. The number of amides is 1. The van der Waals surface area contributed by atoms with Gasteiger partial charge in [0.2, 0.25) is 0 Å². The van der Waals surface area contributed by atoms with Crippen molar-refractivity contribution in [3.05, 3.63) is 29.8 Å². The number of carbonyl (C=O) groups is 1. The molecule has 0 bridgehead atoms. The van der Waals surface area contributed by atoms with Crippen molar-refractivity contribution in [2.24, 2.45) is 5.73 Å². The molecular formula is C15H24N2O2. The molecule has 2 N–H and O–H groups in total. The van der Waals surface area contributed by atoms with E-state index in [-0.39, 0.29) is 12.1 Å². The SMILES string of the molecule is CC(N)Cc1cccc(N(C)C(=O)OC(C)(C)C)c1. The van der Waals surface area contributed by atoms with Crippen LogP contribution in [-0.2, 0) is 11.2 Å². The zero-order valence-corrected chi connectivity index (χ0v) is 12.4. The minimum absolute atomic E-state index is 0.0992. The van der Waals surface area contributed by atoms with Crippen LogP contribution in [0.1, 0.15) is 33.3 Å². The van der Waals surface area contributed by atoms with E-state index in [0.29, 0.717) is 0 Å². The molecule has 1 rings (SSSR count). The van der Waals surface area contributed by atoms with Crippen LogP contribution in [0.4, 0.5) is 10.5 Å².